The summed E-state index contributed by atoms with van der Waals surface area (Å²) in [6.07, 6.45) is 0.716. The highest BCUT2D eigenvalue weighted by atomic mass is 16.2. The predicted molar refractivity (Wildman–Crippen MR) is 98.9 cm³/mol. The van der Waals surface area contributed by atoms with Crippen LogP contribution in [0.3, 0.4) is 0 Å². The van der Waals surface area contributed by atoms with E-state index in [2.05, 4.69) is 10.6 Å². The SMILES string of the molecule is C[C@H]1NC(=O)c2ccccc2N(CC(=O)NCCc2ccccc2)C1=O. The van der Waals surface area contributed by atoms with Crippen molar-refractivity contribution in [3.8, 4) is 0 Å². The Morgan fingerprint density at radius 3 is 2.54 bits per heavy atom. The second-order valence-electron chi connectivity index (χ2n) is 6.22. The van der Waals surface area contributed by atoms with E-state index in [1.807, 2.05) is 30.3 Å². The van der Waals surface area contributed by atoms with E-state index in [9.17, 15) is 14.4 Å². The summed E-state index contributed by atoms with van der Waals surface area (Å²) in [6, 6.07) is 16.0. The standard InChI is InChI=1S/C20H21N3O3/c1-14-20(26)23(17-10-6-5-9-16(17)19(25)22-14)13-18(24)21-12-11-15-7-3-2-4-8-15/h2-10,14H,11-13H2,1H3,(H,21,24)(H,22,25)/t14-/m1/s1. The van der Waals surface area contributed by atoms with Gasteiger partial charge in [0.1, 0.15) is 12.6 Å². The van der Waals surface area contributed by atoms with Crippen LogP contribution in [-0.2, 0) is 16.0 Å². The fourth-order valence-electron chi connectivity index (χ4n) is 2.94. The van der Waals surface area contributed by atoms with E-state index in [0.29, 0.717) is 24.2 Å². The predicted octanol–water partition coefficient (Wildman–Crippen LogP) is 1.51. The maximum absolute atomic E-state index is 12.6. The van der Waals surface area contributed by atoms with E-state index < -0.39 is 6.04 Å². The number of rotatable bonds is 5. The smallest absolute Gasteiger partial charge is 0.254 e. The minimum atomic E-state index is -0.688. The van der Waals surface area contributed by atoms with Gasteiger partial charge in [0.15, 0.2) is 0 Å². The first-order valence-corrected chi connectivity index (χ1v) is 8.58. The normalized spacial score (nSPS) is 16.5. The van der Waals surface area contributed by atoms with Crippen LogP contribution in [0, 0.1) is 0 Å². The number of fused-ring (bicyclic) bond motifs is 1. The average molecular weight is 351 g/mol. The van der Waals surface area contributed by atoms with Crippen molar-refractivity contribution >= 4 is 23.4 Å². The molecule has 1 aliphatic rings. The Bertz CT molecular complexity index is 820. The summed E-state index contributed by atoms with van der Waals surface area (Å²) >= 11 is 0. The average Bonchev–Trinajstić information content (AvgIpc) is 2.74. The van der Waals surface area contributed by atoms with Crippen molar-refractivity contribution in [1.82, 2.24) is 10.6 Å². The van der Waals surface area contributed by atoms with Crippen LogP contribution in [0.25, 0.3) is 0 Å². The van der Waals surface area contributed by atoms with Gasteiger partial charge in [-0.05, 0) is 31.0 Å². The summed E-state index contributed by atoms with van der Waals surface area (Å²) in [7, 11) is 0. The lowest BCUT2D eigenvalue weighted by atomic mass is 10.1. The van der Waals surface area contributed by atoms with Gasteiger partial charge in [0, 0.05) is 6.54 Å². The molecule has 26 heavy (non-hydrogen) atoms. The number of carbonyl (C=O) groups is 3. The molecule has 1 atom stereocenters. The Labute approximate surface area is 152 Å². The number of para-hydroxylation sites is 1. The molecule has 0 aromatic heterocycles. The number of amides is 3. The van der Waals surface area contributed by atoms with Crippen molar-refractivity contribution in [3.63, 3.8) is 0 Å². The summed E-state index contributed by atoms with van der Waals surface area (Å²) in [4.78, 5) is 38.6. The second kappa shape index (κ2) is 7.82. The fraction of sp³-hybridized carbons (Fsp3) is 0.250. The molecule has 3 amide bonds. The number of benzene rings is 2. The number of nitrogens with one attached hydrogen (secondary N) is 2. The zero-order valence-corrected chi connectivity index (χ0v) is 14.6. The van der Waals surface area contributed by atoms with Crippen molar-refractivity contribution in [2.45, 2.75) is 19.4 Å². The molecule has 2 aromatic carbocycles. The number of hydrogen-bond acceptors (Lipinski definition) is 3. The van der Waals surface area contributed by atoms with Crippen LogP contribution in [0.15, 0.2) is 54.6 Å². The third-order valence-corrected chi connectivity index (χ3v) is 4.30. The van der Waals surface area contributed by atoms with Crippen LogP contribution in [0.5, 0.6) is 0 Å². The molecule has 0 spiro atoms. The van der Waals surface area contributed by atoms with Gasteiger partial charge in [-0.1, -0.05) is 42.5 Å². The maximum Gasteiger partial charge on any atom is 0.254 e. The third kappa shape index (κ3) is 3.91. The molecule has 0 fully saturated rings. The van der Waals surface area contributed by atoms with E-state index in [-0.39, 0.29) is 24.3 Å². The minimum absolute atomic E-state index is 0.121. The molecule has 1 aliphatic heterocycles. The van der Waals surface area contributed by atoms with Gasteiger partial charge in [0.05, 0.1) is 11.3 Å². The van der Waals surface area contributed by atoms with Gasteiger partial charge in [-0.25, -0.2) is 0 Å². The van der Waals surface area contributed by atoms with Gasteiger partial charge in [0.25, 0.3) is 5.91 Å². The molecule has 134 valence electrons. The van der Waals surface area contributed by atoms with Gasteiger partial charge in [-0.2, -0.15) is 0 Å². The number of carbonyl (C=O) groups excluding carboxylic acids is 3. The highest BCUT2D eigenvalue weighted by molar-refractivity contribution is 6.12. The lowest BCUT2D eigenvalue weighted by Crippen LogP contribution is -2.47. The molecule has 0 bridgehead atoms. The third-order valence-electron chi connectivity index (χ3n) is 4.30. The van der Waals surface area contributed by atoms with Crippen molar-refractivity contribution < 1.29 is 14.4 Å². The molecule has 6 nitrogen and oxygen atoms in total. The number of hydrogen-bond donors (Lipinski definition) is 2. The molecule has 2 aromatic rings. The highest BCUT2D eigenvalue weighted by Gasteiger charge is 2.31. The zero-order chi connectivity index (χ0) is 18.5. The first-order valence-electron chi connectivity index (χ1n) is 8.58. The minimum Gasteiger partial charge on any atom is -0.354 e. The Morgan fingerprint density at radius 1 is 1.08 bits per heavy atom. The summed E-state index contributed by atoms with van der Waals surface area (Å²) in [6.45, 7) is 1.98. The molecule has 2 N–H and O–H groups in total. The Hall–Kier alpha value is -3.15. The fourth-order valence-corrected chi connectivity index (χ4v) is 2.94. The summed E-state index contributed by atoms with van der Waals surface area (Å²) in [5, 5.41) is 5.49. The van der Waals surface area contributed by atoms with Crippen LogP contribution in [-0.4, -0.2) is 36.9 Å². The van der Waals surface area contributed by atoms with E-state index in [1.165, 1.54) is 4.90 Å². The first kappa shape index (κ1) is 17.7. The van der Waals surface area contributed by atoms with E-state index in [0.717, 1.165) is 5.56 Å². The first-order chi connectivity index (χ1) is 12.6. The Balaban J connectivity index is 1.68. The van der Waals surface area contributed by atoms with Gasteiger partial charge < -0.3 is 15.5 Å². The molecule has 0 radical (unpaired) electrons. The van der Waals surface area contributed by atoms with E-state index >= 15 is 0 Å². The monoisotopic (exact) mass is 351 g/mol. The Morgan fingerprint density at radius 2 is 1.77 bits per heavy atom. The van der Waals surface area contributed by atoms with Gasteiger partial charge >= 0.3 is 0 Å². The maximum atomic E-state index is 12.6. The number of nitrogens with zero attached hydrogens (tertiary/aromatic N) is 1. The van der Waals surface area contributed by atoms with Crippen molar-refractivity contribution in [2.75, 3.05) is 18.0 Å². The zero-order valence-electron chi connectivity index (χ0n) is 14.6. The lowest BCUT2D eigenvalue weighted by Gasteiger charge is -2.23. The van der Waals surface area contributed by atoms with Crippen LogP contribution >= 0.6 is 0 Å². The summed E-state index contributed by atoms with van der Waals surface area (Å²) < 4.78 is 0. The quantitative estimate of drug-likeness (QED) is 0.857. The topological polar surface area (TPSA) is 78.5 Å². The summed E-state index contributed by atoms with van der Waals surface area (Å²) in [5.74, 6) is -0.874. The summed E-state index contributed by atoms with van der Waals surface area (Å²) in [5.41, 5.74) is 1.98. The molecular formula is C20H21N3O3. The van der Waals surface area contributed by atoms with Crippen molar-refractivity contribution in [3.05, 3.63) is 65.7 Å². The molecular weight excluding hydrogens is 330 g/mol. The Kier molecular flexibility index (Phi) is 5.31. The van der Waals surface area contributed by atoms with E-state index in [4.69, 9.17) is 0 Å². The van der Waals surface area contributed by atoms with Crippen LogP contribution < -0.4 is 15.5 Å². The number of anilines is 1. The molecule has 3 rings (SSSR count). The van der Waals surface area contributed by atoms with Crippen LogP contribution in [0.2, 0.25) is 0 Å². The van der Waals surface area contributed by atoms with Gasteiger partial charge in [0.2, 0.25) is 11.8 Å². The van der Waals surface area contributed by atoms with Gasteiger partial charge in [-0.15, -0.1) is 0 Å². The molecule has 6 heteroatoms. The molecule has 0 unspecified atom stereocenters. The van der Waals surface area contributed by atoms with Crippen LogP contribution in [0.1, 0.15) is 22.8 Å². The molecule has 0 aliphatic carbocycles. The van der Waals surface area contributed by atoms with Gasteiger partial charge in [-0.3, -0.25) is 14.4 Å². The van der Waals surface area contributed by atoms with Crippen molar-refractivity contribution in [2.24, 2.45) is 0 Å². The van der Waals surface area contributed by atoms with Crippen LogP contribution in [0.4, 0.5) is 5.69 Å². The van der Waals surface area contributed by atoms with Crippen molar-refractivity contribution in [1.29, 1.82) is 0 Å². The largest absolute Gasteiger partial charge is 0.354 e. The van der Waals surface area contributed by atoms with E-state index in [1.54, 1.807) is 31.2 Å². The highest BCUT2D eigenvalue weighted by Crippen LogP contribution is 2.23. The lowest BCUT2D eigenvalue weighted by molar-refractivity contribution is -0.124. The second-order valence-corrected chi connectivity index (χ2v) is 6.22. The molecule has 0 saturated heterocycles. The molecule has 1 heterocycles. The molecule has 0 saturated carbocycles.